The van der Waals surface area contributed by atoms with Crippen LogP contribution in [0, 0.1) is 5.92 Å². The van der Waals surface area contributed by atoms with E-state index in [9.17, 15) is 82.4 Å². The van der Waals surface area contributed by atoms with E-state index in [1.54, 1.807) is 123 Å². The number of aliphatic hydroxyl groups is 2. The number of carbonyl (C=O) groups excluding carboxylic acids is 14. The summed E-state index contributed by atoms with van der Waals surface area (Å²) < 4.78 is 1.07. The molecule has 40 heteroatoms. The van der Waals surface area contributed by atoms with Crippen molar-refractivity contribution < 1.29 is 87.2 Å². The van der Waals surface area contributed by atoms with Crippen molar-refractivity contribution in [1.82, 2.24) is 88.8 Å². The first kappa shape index (κ1) is 94.0. The van der Waals surface area contributed by atoms with E-state index < -0.39 is 176 Å². The van der Waals surface area contributed by atoms with E-state index in [1.165, 1.54) is 25.7 Å². The number of fused-ring (bicyclic) bond motifs is 1. The monoisotopic (exact) mass is 1650 g/mol. The van der Waals surface area contributed by atoms with E-state index in [2.05, 4.69) is 74.1 Å². The fraction of sp³-hybridized carbons (Fsp3) is 0.468. The van der Waals surface area contributed by atoms with Crippen molar-refractivity contribution in [2.45, 2.75) is 174 Å². The number of aliphatic carboxylic acids is 1. The predicted octanol–water partition coefficient (Wildman–Crippen LogP) is -3.80. The normalized spacial score (nSPS) is 19.4. The van der Waals surface area contributed by atoms with Gasteiger partial charge in [-0.05, 0) is 151 Å². The second kappa shape index (κ2) is 47.9. The number of aromatic nitrogens is 3. The molecular formula is C77H107N21O18S. The Bertz CT molecular complexity index is 4290. The maximum absolute atomic E-state index is 15.2. The number of hydrogen-bond donors (Lipinski definition) is 20. The van der Waals surface area contributed by atoms with E-state index in [1.807, 2.05) is 0 Å². The number of nitrogens with zero attached hydrogens (tertiary/aromatic N) is 4. The SMILES string of the molecule is CNC(=O)c1ccccc1Sc1ccc2c(/C=C/c3ccccn3)nn(C(=O)N(CCNC(=O)CC[C@H](NC=O)C(=O)O)CCC(=O)N[C@H](C(=O)N[C@@H](CCN)C(=O)N[C@H]3CCNC(=O)[C@H]([C@@H](C)O)NC(=O)[C@H](CCN)NC(=O)[C@H](CCN)NC(=O)[C@H](CC(C)C)NC(=O)[C@@H](Cc4ccccc4)NC(=O)[C@H](CCN)NC3=O)[C@@H](C)O)c2c1. The zero-order valence-electron chi connectivity index (χ0n) is 65.7. The fourth-order valence-corrected chi connectivity index (χ4v) is 13.2. The van der Waals surface area contributed by atoms with Crippen LogP contribution in [0.15, 0.2) is 107 Å². The molecule has 0 unspecified atom stereocenters. The molecule has 3 aromatic carbocycles. The summed E-state index contributed by atoms with van der Waals surface area (Å²) in [5.74, 6) is -12.6. The minimum absolute atomic E-state index is 0.00437. The Kier molecular flexibility index (Phi) is 38.5. The fourth-order valence-electron chi connectivity index (χ4n) is 12.3. The van der Waals surface area contributed by atoms with Crippen molar-refractivity contribution in [3.63, 3.8) is 0 Å². The predicted molar refractivity (Wildman–Crippen MR) is 429 cm³/mol. The van der Waals surface area contributed by atoms with Crippen LogP contribution in [-0.4, -0.2) is 256 Å². The molecule has 3 heterocycles. The number of benzene rings is 3. The molecule has 0 spiro atoms. The number of amides is 14. The summed E-state index contributed by atoms with van der Waals surface area (Å²) in [6, 6.07) is 9.04. The van der Waals surface area contributed by atoms with Crippen LogP contribution in [0.25, 0.3) is 23.1 Å². The van der Waals surface area contributed by atoms with Gasteiger partial charge in [0, 0.05) is 73.9 Å². The summed E-state index contributed by atoms with van der Waals surface area (Å²) in [6.07, 6.45) is -1.37. The average molecular weight is 1650 g/mol. The number of carboxylic acids is 1. The van der Waals surface area contributed by atoms with Crippen molar-refractivity contribution in [1.29, 1.82) is 0 Å². The van der Waals surface area contributed by atoms with Gasteiger partial charge in [0.05, 0.1) is 34.7 Å². The van der Waals surface area contributed by atoms with Crippen LogP contribution in [0.2, 0.25) is 0 Å². The van der Waals surface area contributed by atoms with E-state index in [0.29, 0.717) is 37.7 Å². The van der Waals surface area contributed by atoms with Crippen LogP contribution in [0.5, 0.6) is 0 Å². The third kappa shape index (κ3) is 29.5. The average Bonchev–Trinajstić information content (AvgIpc) is 1.62. The van der Waals surface area contributed by atoms with Crippen molar-refractivity contribution in [3.05, 3.63) is 120 Å². The van der Waals surface area contributed by atoms with Crippen LogP contribution in [0.3, 0.4) is 0 Å². The highest BCUT2D eigenvalue weighted by molar-refractivity contribution is 7.99. The maximum Gasteiger partial charge on any atom is 0.345 e. The lowest BCUT2D eigenvalue weighted by atomic mass is 10.00. The largest absolute Gasteiger partial charge is 0.480 e. The summed E-state index contributed by atoms with van der Waals surface area (Å²) in [6.45, 7) is 3.28. The highest BCUT2D eigenvalue weighted by Gasteiger charge is 2.38. The summed E-state index contributed by atoms with van der Waals surface area (Å²) in [5.41, 5.74) is 25.8. The minimum Gasteiger partial charge on any atom is -0.480 e. The second-order valence-corrected chi connectivity index (χ2v) is 29.1. The van der Waals surface area contributed by atoms with Gasteiger partial charge in [-0.15, -0.1) is 0 Å². The van der Waals surface area contributed by atoms with Gasteiger partial charge >= 0.3 is 12.0 Å². The highest BCUT2D eigenvalue weighted by atomic mass is 32.2. The number of aliphatic hydroxyl groups excluding tert-OH is 2. The standard InChI is InChI=1S/C77H107N21O18S/c1-43(2)39-58-72(110)89-52(24-30-78)67(105)88-55(27-33-81)71(109)95-64(44(3)100)74(112)85-35-28-56(70(108)87-53(25-31-79)69(107)93-59(73(111)92-58)40-46-13-7-6-8-14-46)90-68(106)54(26-32-80)91-75(113)65(45(4)101)94-63(103)29-37-97(38-36-84-62(102)23-22-57(76(114)115)86-42-99)77(116)98-60-41-48(117-61-17-10-9-16-50(61)66(104)82-5)19-20-49(60)51(96-98)21-18-47-15-11-12-34-83-47/h6-21,34,41-45,52-59,64-65,100-101H,22-33,35-40,78-81H2,1-5H3,(H,82,104)(H,84,102)(H,85,112)(H,86,99)(H,87,108)(H,88,105)(H,89,110)(H,90,106)(H,91,113)(H,92,111)(H,93,107)(H,94,103)(H,95,109)(H,114,115)/b21-18+/t44-,45-,52+,53+,54+,55+,56+,57+,58+,59-,64+,65+/m1/s1. The zero-order valence-corrected chi connectivity index (χ0v) is 66.5. The molecule has 1 saturated heterocycles. The van der Waals surface area contributed by atoms with Gasteiger partial charge in [-0.1, -0.05) is 74.1 Å². The van der Waals surface area contributed by atoms with Crippen LogP contribution in [-0.2, 0) is 68.7 Å². The zero-order chi connectivity index (χ0) is 85.8. The molecule has 2 aromatic heterocycles. The van der Waals surface area contributed by atoms with Crippen LogP contribution in [0.4, 0.5) is 4.79 Å². The van der Waals surface area contributed by atoms with E-state index in [4.69, 9.17) is 28.0 Å². The van der Waals surface area contributed by atoms with Crippen LogP contribution >= 0.6 is 11.8 Å². The van der Waals surface area contributed by atoms with Gasteiger partial charge in [0.2, 0.25) is 71.4 Å². The van der Waals surface area contributed by atoms with Gasteiger partial charge in [0.25, 0.3) is 5.91 Å². The topological polar surface area (TPSA) is 611 Å². The summed E-state index contributed by atoms with van der Waals surface area (Å²) in [5, 5.41) is 69.6. The molecule has 1 aliphatic heterocycles. The molecule has 1 aliphatic rings. The van der Waals surface area contributed by atoms with Crippen molar-refractivity contribution >= 4 is 124 Å². The van der Waals surface area contributed by atoms with Gasteiger partial charge in [-0.3, -0.25) is 67.3 Å². The number of rotatable bonds is 36. The summed E-state index contributed by atoms with van der Waals surface area (Å²) in [7, 11) is 1.49. The van der Waals surface area contributed by atoms with E-state index in [0.717, 1.165) is 16.5 Å². The molecule has 1 fully saturated rings. The first-order valence-corrected chi connectivity index (χ1v) is 39.1. The Morgan fingerprint density at radius 2 is 1.26 bits per heavy atom. The number of pyridine rings is 1. The number of nitrogens with one attached hydrogen (secondary N) is 13. The van der Waals surface area contributed by atoms with Gasteiger partial charge in [-0.2, -0.15) is 9.78 Å². The lowest BCUT2D eigenvalue weighted by Crippen LogP contribution is -2.61. The first-order chi connectivity index (χ1) is 55.9. The molecular weight excluding hydrogens is 1540 g/mol. The highest BCUT2D eigenvalue weighted by Crippen LogP contribution is 2.34. The molecule has 12 atom stereocenters. The Labute approximate surface area is 679 Å². The number of hydrogen-bond acceptors (Lipinski definition) is 24. The summed E-state index contributed by atoms with van der Waals surface area (Å²) >= 11 is 1.22. The lowest BCUT2D eigenvalue weighted by Gasteiger charge is -2.28. The molecule has 5 aromatic rings. The van der Waals surface area contributed by atoms with Gasteiger partial charge in [-0.25, -0.2) is 9.59 Å². The van der Waals surface area contributed by atoms with E-state index in [-0.39, 0.29) is 114 Å². The Morgan fingerprint density at radius 3 is 1.85 bits per heavy atom. The Morgan fingerprint density at radius 1 is 0.650 bits per heavy atom. The molecule has 0 aliphatic carbocycles. The number of nitrogens with two attached hydrogens (primary N) is 4. The lowest BCUT2D eigenvalue weighted by molar-refractivity contribution is -0.141. The number of carboxylic acid groups (broad SMARTS) is 1. The molecule has 39 nitrogen and oxygen atoms in total. The molecule has 0 radical (unpaired) electrons. The quantitative estimate of drug-likeness (QED) is 0.0171. The smallest absolute Gasteiger partial charge is 0.345 e. The van der Waals surface area contributed by atoms with Crippen molar-refractivity contribution in [2.24, 2.45) is 28.9 Å². The number of carbonyl (C=O) groups is 15. The molecule has 634 valence electrons. The molecule has 6 rings (SSSR count). The van der Waals surface area contributed by atoms with Gasteiger partial charge < -0.3 is 112 Å². The molecule has 14 amide bonds. The molecule has 0 saturated carbocycles. The molecule has 0 bridgehead atoms. The van der Waals surface area contributed by atoms with Crippen molar-refractivity contribution in [2.75, 3.05) is 59.4 Å². The van der Waals surface area contributed by atoms with Gasteiger partial charge in [0.15, 0.2) is 0 Å². The van der Waals surface area contributed by atoms with Crippen molar-refractivity contribution in [3.8, 4) is 0 Å². The Balaban J connectivity index is 1.31. The molecule has 24 N–H and O–H groups in total. The van der Waals surface area contributed by atoms with Crippen LogP contribution < -0.4 is 92.1 Å². The molecule has 117 heavy (non-hydrogen) atoms. The second-order valence-electron chi connectivity index (χ2n) is 28.0. The third-order valence-corrected chi connectivity index (χ3v) is 19.5. The Hall–Kier alpha value is -11.8. The van der Waals surface area contributed by atoms with E-state index >= 15 is 4.79 Å². The first-order valence-electron chi connectivity index (χ1n) is 38.2. The third-order valence-electron chi connectivity index (χ3n) is 18.5. The summed E-state index contributed by atoms with van der Waals surface area (Å²) in [4.78, 5) is 215. The minimum atomic E-state index is -1.87. The maximum atomic E-state index is 15.2. The van der Waals surface area contributed by atoms with Gasteiger partial charge in [0.1, 0.15) is 60.4 Å². The van der Waals surface area contributed by atoms with Crippen LogP contribution in [0.1, 0.15) is 113 Å².